The third-order valence-corrected chi connectivity index (χ3v) is 2.68. The predicted octanol–water partition coefficient (Wildman–Crippen LogP) is 4.58. The fraction of sp³-hybridized carbons (Fsp3) is 0.692. The molecule has 0 aliphatic carbocycles. The van der Waals surface area contributed by atoms with Gasteiger partial charge in [-0.2, -0.15) is 0 Å². The Bertz CT molecular complexity index is 172. The van der Waals surface area contributed by atoms with Crippen molar-refractivity contribution in [2.45, 2.75) is 47.5 Å². The van der Waals surface area contributed by atoms with E-state index in [0.29, 0.717) is 5.92 Å². The zero-order valence-electron chi connectivity index (χ0n) is 9.80. The highest BCUT2D eigenvalue weighted by atomic mass is 14.1. The second-order valence-electron chi connectivity index (χ2n) is 3.96. The minimum atomic E-state index is 0.714. The molecule has 0 saturated carbocycles. The van der Waals surface area contributed by atoms with E-state index < -0.39 is 0 Å². The third kappa shape index (κ3) is 4.92. The molecule has 0 aromatic heterocycles. The van der Waals surface area contributed by atoms with Gasteiger partial charge >= 0.3 is 0 Å². The minimum absolute atomic E-state index is 0.714. The van der Waals surface area contributed by atoms with Crippen LogP contribution in [-0.2, 0) is 0 Å². The summed E-state index contributed by atoms with van der Waals surface area (Å²) in [5.74, 6) is 1.47. The van der Waals surface area contributed by atoms with Crippen LogP contribution in [0.5, 0.6) is 0 Å². The molecule has 0 N–H and O–H groups in total. The lowest BCUT2D eigenvalue weighted by Gasteiger charge is -2.17. The Kier molecular flexibility index (Phi) is 6.66. The monoisotopic (exact) mass is 180 g/mol. The molecule has 0 amide bonds. The molecule has 0 aliphatic rings. The van der Waals surface area contributed by atoms with E-state index in [1.54, 1.807) is 5.57 Å². The molecule has 0 nitrogen and oxygen atoms in total. The van der Waals surface area contributed by atoms with E-state index >= 15 is 0 Å². The molecule has 0 fully saturated rings. The molecule has 76 valence electrons. The molecule has 1 atom stereocenters. The van der Waals surface area contributed by atoms with Crippen molar-refractivity contribution < 1.29 is 0 Å². The van der Waals surface area contributed by atoms with Gasteiger partial charge in [0.25, 0.3) is 0 Å². The van der Waals surface area contributed by atoms with Crippen LogP contribution in [-0.4, -0.2) is 0 Å². The number of allylic oxidation sites excluding steroid dienone is 4. The van der Waals surface area contributed by atoms with Gasteiger partial charge in [-0.1, -0.05) is 58.4 Å². The Morgan fingerprint density at radius 2 is 1.77 bits per heavy atom. The fourth-order valence-electron chi connectivity index (χ4n) is 1.35. The Labute approximate surface area is 83.7 Å². The first-order valence-electron chi connectivity index (χ1n) is 5.49. The van der Waals surface area contributed by atoms with Crippen LogP contribution < -0.4 is 0 Å². The van der Waals surface area contributed by atoms with Gasteiger partial charge in [0.05, 0.1) is 0 Å². The second-order valence-corrected chi connectivity index (χ2v) is 3.96. The van der Waals surface area contributed by atoms with Crippen molar-refractivity contribution in [3.05, 3.63) is 23.8 Å². The molecule has 0 radical (unpaired) electrons. The Morgan fingerprint density at radius 3 is 2.15 bits per heavy atom. The molecule has 0 heterocycles. The van der Waals surface area contributed by atoms with Crippen LogP contribution >= 0.6 is 0 Å². The number of hydrogen-bond donors (Lipinski definition) is 0. The lowest BCUT2D eigenvalue weighted by molar-refractivity contribution is 0.470. The van der Waals surface area contributed by atoms with Crippen molar-refractivity contribution in [1.82, 2.24) is 0 Å². The summed E-state index contributed by atoms with van der Waals surface area (Å²) in [5, 5.41) is 0. The summed E-state index contributed by atoms with van der Waals surface area (Å²) >= 11 is 0. The van der Waals surface area contributed by atoms with E-state index in [0.717, 1.165) is 12.3 Å². The normalized spacial score (nSPS) is 15.7. The lowest BCUT2D eigenvalue weighted by Crippen LogP contribution is -2.06. The topological polar surface area (TPSA) is 0 Å². The molecule has 0 spiro atoms. The van der Waals surface area contributed by atoms with E-state index in [9.17, 15) is 0 Å². The summed E-state index contributed by atoms with van der Waals surface area (Å²) in [7, 11) is 0. The van der Waals surface area contributed by atoms with Crippen LogP contribution in [0.2, 0.25) is 0 Å². The highest BCUT2D eigenvalue weighted by Crippen LogP contribution is 2.22. The standard InChI is InChI=1S/C13H24/c1-6-8-9-10-13(7-2)12(5)11(3)4/h8-12H,6-7H2,1-5H3/b9-8-,13-10-. The van der Waals surface area contributed by atoms with E-state index in [4.69, 9.17) is 0 Å². The third-order valence-electron chi connectivity index (χ3n) is 2.68. The van der Waals surface area contributed by atoms with E-state index in [-0.39, 0.29) is 0 Å². The average Bonchev–Trinajstić information content (AvgIpc) is 2.11. The summed E-state index contributed by atoms with van der Waals surface area (Å²) in [6, 6.07) is 0. The summed E-state index contributed by atoms with van der Waals surface area (Å²) in [5.41, 5.74) is 1.57. The van der Waals surface area contributed by atoms with Crippen LogP contribution in [0, 0.1) is 11.8 Å². The number of rotatable bonds is 5. The van der Waals surface area contributed by atoms with Gasteiger partial charge in [-0.25, -0.2) is 0 Å². The molecule has 0 aromatic rings. The highest BCUT2D eigenvalue weighted by Gasteiger charge is 2.09. The molecule has 1 unspecified atom stereocenters. The fourth-order valence-corrected chi connectivity index (χ4v) is 1.35. The van der Waals surface area contributed by atoms with E-state index in [2.05, 4.69) is 52.8 Å². The predicted molar refractivity (Wildman–Crippen MR) is 61.8 cm³/mol. The highest BCUT2D eigenvalue weighted by molar-refractivity contribution is 5.14. The zero-order valence-corrected chi connectivity index (χ0v) is 9.80. The minimum Gasteiger partial charge on any atom is -0.0848 e. The van der Waals surface area contributed by atoms with Gasteiger partial charge in [-0.15, -0.1) is 0 Å². The first kappa shape index (κ1) is 12.5. The van der Waals surface area contributed by atoms with Gasteiger partial charge < -0.3 is 0 Å². The maximum atomic E-state index is 2.32. The lowest BCUT2D eigenvalue weighted by atomic mass is 9.88. The molecule has 13 heavy (non-hydrogen) atoms. The Morgan fingerprint density at radius 1 is 1.15 bits per heavy atom. The first-order valence-corrected chi connectivity index (χ1v) is 5.49. The average molecular weight is 180 g/mol. The van der Waals surface area contributed by atoms with Gasteiger partial charge in [0.15, 0.2) is 0 Å². The van der Waals surface area contributed by atoms with Crippen LogP contribution in [0.25, 0.3) is 0 Å². The van der Waals surface area contributed by atoms with E-state index in [1.807, 2.05) is 0 Å². The van der Waals surface area contributed by atoms with Crippen LogP contribution in [0.15, 0.2) is 23.8 Å². The van der Waals surface area contributed by atoms with Crippen LogP contribution in [0.4, 0.5) is 0 Å². The molecule has 0 bridgehead atoms. The number of hydrogen-bond acceptors (Lipinski definition) is 0. The maximum absolute atomic E-state index is 2.32. The van der Waals surface area contributed by atoms with Gasteiger partial charge in [-0.05, 0) is 24.7 Å². The van der Waals surface area contributed by atoms with Crippen molar-refractivity contribution in [1.29, 1.82) is 0 Å². The summed E-state index contributed by atoms with van der Waals surface area (Å²) in [6.07, 6.45) is 8.99. The first-order chi connectivity index (χ1) is 6.13. The Balaban J connectivity index is 4.31. The second kappa shape index (κ2) is 6.94. The van der Waals surface area contributed by atoms with Crippen molar-refractivity contribution >= 4 is 0 Å². The van der Waals surface area contributed by atoms with Gasteiger partial charge in [0.2, 0.25) is 0 Å². The molecular weight excluding hydrogens is 156 g/mol. The van der Waals surface area contributed by atoms with Gasteiger partial charge in [0.1, 0.15) is 0 Å². The molecule has 0 saturated heterocycles. The summed E-state index contributed by atoms with van der Waals surface area (Å²) < 4.78 is 0. The quantitative estimate of drug-likeness (QED) is 0.543. The molecule has 0 rings (SSSR count). The van der Waals surface area contributed by atoms with Crippen molar-refractivity contribution in [3.8, 4) is 0 Å². The van der Waals surface area contributed by atoms with Crippen molar-refractivity contribution in [3.63, 3.8) is 0 Å². The van der Waals surface area contributed by atoms with E-state index in [1.165, 1.54) is 6.42 Å². The van der Waals surface area contributed by atoms with Gasteiger partial charge in [0, 0.05) is 0 Å². The smallest absolute Gasteiger partial charge is 0.0206 e. The molecule has 0 heteroatoms. The largest absolute Gasteiger partial charge is 0.0848 e. The summed E-state index contributed by atoms with van der Waals surface area (Å²) in [6.45, 7) is 11.3. The van der Waals surface area contributed by atoms with Crippen molar-refractivity contribution in [2.24, 2.45) is 11.8 Å². The maximum Gasteiger partial charge on any atom is -0.0206 e. The SMILES string of the molecule is CC/C=C\C=C(\CC)C(C)C(C)C. The summed E-state index contributed by atoms with van der Waals surface area (Å²) in [4.78, 5) is 0. The van der Waals surface area contributed by atoms with Crippen molar-refractivity contribution in [2.75, 3.05) is 0 Å². The zero-order chi connectivity index (χ0) is 10.3. The molecule has 0 aromatic carbocycles. The Hall–Kier alpha value is -0.520. The van der Waals surface area contributed by atoms with Crippen LogP contribution in [0.3, 0.4) is 0 Å². The van der Waals surface area contributed by atoms with Gasteiger partial charge in [-0.3, -0.25) is 0 Å². The molecular formula is C13H24. The molecule has 0 aliphatic heterocycles. The van der Waals surface area contributed by atoms with Crippen LogP contribution in [0.1, 0.15) is 47.5 Å².